The van der Waals surface area contributed by atoms with Crippen LogP contribution in [-0.2, 0) is 4.79 Å². The van der Waals surface area contributed by atoms with Crippen LogP contribution in [0.25, 0.3) is 16.8 Å². The van der Waals surface area contributed by atoms with Crippen molar-refractivity contribution in [1.29, 1.82) is 0 Å². The molecule has 0 aliphatic heterocycles. The maximum absolute atomic E-state index is 10.3. The maximum Gasteiger partial charge on any atom is 0.123 e. The van der Waals surface area contributed by atoms with E-state index in [0.717, 1.165) is 6.29 Å². The molecule has 0 bridgehead atoms. The van der Waals surface area contributed by atoms with Crippen LogP contribution in [0.4, 0.5) is 0 Å². The molecule has 0 radical (unpaired) electrons. The summed E-state index contributed by atoms with van der Waals surface area (Å²) >= 11 is 0. The van der Waals surface area contributed by atoms with E-state index in [1.165, 1.54) is 21.9 Å². The molecule has 2 aromatic carbocycles. The zero-order valence-electron chi connectivity index (χ0n) is 9.31. The van der Waals surface area contributed by atoms with Crippen LogP contribution in [0.3, 0.4) is 0 Å². The van der Waals surface area contributed by atoms with E-state index in [1.807, 2.05) is 24.3 Å². The molecule has 0 unspecified atom stereocenters. The first kappa shape index (κ1) is 10.6. The lowest BCUT2D eigenvalue weighted by Crippen LogP contribution is -1.82. The Labute approximate surface area is 95.4 Å². The number of carbonyl (C=O) groups is 1. The zero-order valence-corrected chi connectivity index (χ0v) is 9.31. The molecular weight excluding hydrogens is 196 g/mol. The van der Waals surface area contributed by atoms with Gasteiger partial charge in [0, 0.05) is 6.42 Å². The molecule has 0 spiro atoms. The second kappa shape index (κ2) is 4.75. The molecule has 1 heteroatoms. The van der Waals surface area contributed by atoms with Crippen molar-refractivity contribution in [3.8, 4) is 0 Å². The van der Waals surface area contributed by atoms with Crippen LogP contribution in [0.2, 0.25) is 0 Å². The van der Waals surface area contributed by atoms with Crippen LogP contribution in [0.1, 0.15) is 17.5 Å². The molecule has 0 N–H and O–H groups in total. The van der Waals surface area contributed by atoms with E-state index >= 15 is 0 Å². The van der Waals surface area contributed by atoms with Gasteiger partial charge >= 0.3 is 0 Å². The molecular formula is C15H14O. The maximum atomic E-state index is 10.3. The van der Waals surface area contributed by atoms with E-state index in [9.17, 15) is 4.79 Å². The van der Waals surface area contributed by atoms with Gasteiger partial charge in [0.1, 0.15) is 6.29 Å². The van der Waals surface area contributed by atoms with Crippen LogP contribution in [0.5, 0.6) is 0 Å². The van der Waals surface area contributed by atoms with E-state index in [-0.39, 0.29) is 0 Å². The third kappa shape index (κ3) is 2.03. The molecule has 0 heterocycles. The van der Waals surface area contributed by atoms with E-state index < -0.39 is 0 Å². The van der Waals surface area contributed by atoms with Gasteiger partial charge < -0.3 is 4.79 Å². The lowest BCUT2D eigenvalue weighted by atomic mass is 10.00. The van der Waals surface area contributed by atoms with Crippen molar-refractivity contribution in [3.05, 3.63) is 53.6 Å². The van der Waals surface area contributed by atoms with Crippen molar-refractivity contribution >= 4 is 23.1 Å². The van der Waals surface area contributed by atoms with Crippen LogP contribution >= 0.6 is 0 Å². The first-order chi connectivity index (χ1) is 7.83. The fourth-order valence-corrected chi connectivity index (χ4v) is 1.87. The number of hydrogen-bond donors (Lipinski definition) is 0. The number of aryl methyl sites for hydroxylation is 1. The van der Waals surface area contributed by atoms with Gasteiger partial charge in [0.25, 0.3) is 0 Å². The SMILES string of the molecule is Cc1ccc(C=CCC=O)c2ccccc12. The summed E-state index contributed by atoms with van der Waals surface area (Å²) in [6, 6.07) is 12.5. The van der Waals surface area contributed by atoms with Gasteiger partial charge in [-0.15, -0.1) is 0 Å². The zero-order chi connectivity index (χ0) is 11.4. The average molecular weight is 210 g/mol. The Hall–Kier alpha value is -1.89. The Morgan fingerprint density at radius 3 is 2.56 bits per heavy atom. The Balaban J connectivity index is 2.54. The number of benzene rings is 2. The van der Waals surface area contributed by atoms with Crippen molar-refractivity contribution < 1.29 is 4.79 Å². The smallest absolute Gasteiger partial charge is 0.123 e. The second-order valence-corrected chi connectivity index (χ2v) is 3.82. The summed E-state index contributed by atoms with van der Waals surface area (Å²) in [5.41, 5.74) is 2.45. The van der Waals surface area contributed by atoms with Crippen molar-refractivity contribution in [3.63, 3.8) is 0 Å². The molecule has 0 saturated heterocycles. The predicted octanol–water partition coefficient (Wildman–Crippen LogP) is 3.75. The number of aldehydes is 1. The molecule has 0 fully saturated rings. The Morgan fingerprint density at radius 2 is 1.81 bits per heavy atom. The summed E-state index contributed by atoms with van der Waals surface area (Å²) < 4.78 is 0. The summed E-state index contributed by atoms with van der Waals surface area (Å²) in [6.45, 7) is 2.11. The third-order valence-corrected chi connectivity index (χ3v) is 2.71. The molecule has 80 valence electrons. The molecule has 0 amide bonds. The van der Waals surface area contributed by atoms with Crippen molar-refractivity contribution in [1.82, 2.24) is 0 Å². The Morgan fingerprint density at radius 1 is 1.06 bits per heavy atom. The molecule has 2 aromatic rings. The van der Waals surface area contributed by atoms with Gasteiger partial charge in [0.15, 0.2) is 0 Å². The minimum atomic E-state index is 0.474. The fourth-order valence-electron chi connectivity index (χ4n) is 1.87. The molecule has 1 nitrogen and oxygen atoms in total. The minimum Gasteiger partial charge on any atom is -0.303 e. The van der Waals surface area contributed by atoms with Crippen LogP contribution < -0.4 is 0 Å². The fraction of sp³-hybridized carbons (Fsp3) is 0.133. The van der Waals surface area contributed by atoms with Crippen molar-refractivity contribution in [2.24, 2.45) is 0 Å². The summed E-state index contributed by atoms with van der Waals surface area (Å²) in [7, 11) is 0. The van der Waals surface area contributed by atoms with Crippen LogP contribution in [0.15, 0.2) is 42.5 Å². The topological polar surface area (TPSA) is 17.1 Å². The standard InChI is InChI=1S/C15H14O/c1-12-9-10-13(6-4-5-11-16)15-8-3-2-7-14(12)15/h2-4,6-11H,5H2,1H3. The van der Waals surface area contributed by atoms with Gasteiger partial charge in [-0.05, 0) is 28.8 Å². The number of fused-ring (bicyclic) bond motifs is 1. The molecule has 0 aliphatic carbocycles. The van der Waals surface area contributed by atoms with E-state index in [0.29, 0.717) is 6.42 Å². The van der Waals surface area contributed by atoms with E-state index in [4.69, 9.17) is 0 Å². The van der Waals surface area contributed by atoms with Gasteiger partial charge in [-0.1, -0.05) is 48.6 Å². The van der Waals surface area contributed by atoms with Crippen LogP contribution in [0, 0.1) is 6.92 Å². The van der Waals surface area contributed by atoms with Gasteiger partial charge in [-0.25, -0.2) is 0 Å². The first-order valence-electron chi connectivity index (χ1n) is 5.41. The molecule has 2 rings (SSSR count). The molecule has 0 saturated carbocycles. The molecule has 0 aliphatic rings. The summed E-state index contributed by atoms with van der Waals surface area (Å²) in [5, 5.41) is 2.51. The minimum absolute atomic E-state index is 0.474. The van der Waals surface area contributed by atoms with Gasteiger partial charge in [-0.3, -0.25) is 0 Å². The summed E-state index contributed by atoms with van der Waals surface area (Å²) in [4.78, 5) is 10.3. The largest absolute Gasteiger partial charge is 0.303 e. The third-order valence-electron chi connectivity index (χ3n) is 2.71. The monoisotopic (exact) mass is 210 g/mol. The van der Waals surface area contributed by atoms with Crippen LogP contribution in [-0.4, -0.2) is 6.29 Å². The van der Waals surface area contributed by atoms with Gasteiger partial charge in [0.2, 0.25) is 0 Å². The van der Waals surface area contributed by atoms with E-state index in [2.05, 4.69) is 31.2 Å². The van der Waals surface area contributed by atoms with Crippen molar-refractivity contribution in [2.45, 2.75) is 13.3 Å². The second-order valence-electron chi connectivity index (χ2n) is 3.82. The number of allylic oxidation sites excluding steroid dienone is 1. The highest BCUT2D eigenvalue weighted by molar-refractivity contribution is 5.92. The normalized spacial score (nSPS) is 11.1. The molecule has 0 aromatic heterocycles. The lowest BCUT2D eigenvalue weighted by Gasteiger charge is -2.05. The first-order valence-corrected chi connectivity index (χ1v) is 5.41. The predicted molar refractivity (Wildman–Crippen MR) is 68.4 cm³/mol. The van der Waals surface area contributed by atoms with Crippen molar-refractivity contribution in [2.75, 3.05) is 0 Å². The van der Waals surface area contributed by atoms with Gasteiger partial charge in [-0.2, -0.15) is 0 Å². The Bertz CT molecular complexity index is 538. The highest BCUT2D eigenvalue weighted by Gasteiger charge is 1.99. The van der Waals surface area contributed by atoms with Gasteiger partial charge in [0.05, 0.1) is 0 Å². The number of rotatable bonds is 3. The summed E-state index contributed by atoms with van der Waals surface area (Å²) in [6.07, 6.45) is 5.29. The number of carbonyl (C=O) groups excluding carboxylic acids is 1. The Kier molecular flexibility index (Phi) is 3.16. The number of hydrogen-bond acceptors (Lipinski definition) is 1. The average Bonchev–Trinajstić information content (AvgIpc) is 2.33. The lowest BCUT2D eigenvalue weighted by molar-refractivity contribution is -0.107. The quantitative estimate of drug-likeness (QED) is 0.705. The highest BCUT2D eigenvalue weighted by atomic mass is 16.1. The van der Waals surface area contributed by atoms with E-state index in [1.54, 1.807) is 0 Å². The molecule has 16 heavy (non-hydrogen) atoms. The molecule has 0 atom stereocenters. The summed E-state index contributed by atoms with van der Waals surface area (Å²) in [5.74, 6) is 0. The highest BCUT2D eigenvalue weighted by Crippen LogP contribution is 2.23.